The molecular formula is C14H13F2NO3S. The summed E-state index contributed by atoms with van der Waals surface area (Å²) >= 11 is 0. The molecular weight excluding hydrogens is 300 g/mol. The summed E-state index contributed by atoms with van der Waals surface area (Å²) in [5.41, 5.74) is 0.267. The van der Waals surface area contributed by atoms with Gasteiger partial charge < -0.3 is 4.74 Å². The molecule has 0 amide bonds. The number of sulfonamides is 1. The van der Waals surface area contributed by atoms with Gasteiger partial charge in [0, 0.05) is 11.8 Å². The van der Waals surface area contributed by atoms with Crippen molar-refractivity contribution in [3.63, 3.8) is 0 Å². The van der Waals surface area contributed by atoms with Crippen molar-refractivity contribution in [1.29, 1.82) is 0 Å². The minimum Gasteiger partial charge on any atom is -0.494 e. The Morgan fingerprint density at radius 2 is 1.62 bits per heavy atom. The summed E-state index contributed by atoms with van der Waals surface area (Å²) in [5.74, 6) is -1.32. The van der Waals surface area contributed by atoms with Crippen LogP contribution in [0.3, 0.4) is 0 Å². The van der Waals surface area contributed by atoms with Crippen LogP contribution in [0.4, 0.5) is 14.5 Å². The molecule has 0 aliphatic carbocycles. The first-order valence-electron chi connectivity index (χ1n) is 6.12. The minimum atomic E-state index is -4.05. The van der Waals surface area contributed by atoms with E-state index in [0.29, 0.717) is 18.4 Å². The molecule has 2 rings (SSSR count). The van der Waals surface area contributed by atoms with E-state index in [-0.39, 0.29) is 5.69 Å². The molecule has 0 aliphatic heterocycles. The maximum atomic E-state index is 13.1. The van der Waals surface area contributed by atoms with Crippen molar-refractivity contribution in [1.82, 2.24) is 0 Å². The van der Waals surface area contributed by atoms with Gasteiger partial charge in [-0.15, -0.1) is 0 Å². The Kier molecular flexibility index (Phi) is 4.42. The van der Waals surface area contributed by atoms with Crippen LogP contribution < -0.4 is 9.46 Å². The van der Waals surface area contributed by atoms with Gasteiger partial charge in [0.1, 0.15) is 17.4 Å². The molecule has 0 fully saturated rings. The van der Waals surface area contributed by atoms with Gasteiger partial charge in [-0.25, -0.2) is 17.2 Å². The molecule has 21 heavy (non-hydrogen) atoms. The largest absolute Gasteiger partial charge is 0.494 e. The highest BCUT2D eigenvalue weighted by Crippen LogP contribution is 2.20. The van der Waals surface area contributed by atoms with E-state index in [1.54, 1.807) is 12.1 Å². The average Bonchev–Trinajstić information content (AvgIpc) is 2.40. The first-order valence-corrected chi connectivity index (χ1v) is 7.61. The summed E-state index contributed by atoms with van der Waals surface area (Å²) in [7, 11) is -4.05. The molecule has 2 aromatic rings. The fourth-order valence-corrected chi connectivity index (χ4v) is 2.78. The zero-order valence-electron chi connectivity index (χ0n) is 11.1. The zero-order chi connectivity index (χ0) is 15.5. The number of nitrogens with one attached hydrogen (secondary N) is 1. The Hall–Kier alpha value is -2.15. The molecule has 2 aromatic carbocycles. The maximum Gasteiger partial charge on any atom is 0.262 e. The second kappa shape index (κ2) is 6.09. The van der Waals surface area contributed by atoms with E-state index in [1.807, 2.05) is 6.92 Å². The van der Waals surface area contributed by atoms with Crippen molar-refractivity contribution in [2.24, 2.45) is 0 Å². The standard InChI is InChI=1S/C14H13F2NO3S/c1-2-20-13-5-3-12(4-6-13)17-21(18,19)14-8-10(15)7-11(16)9-14/h3-9,17H,2H2,1H3. The number of halogens is 2. The van der Waals surface area contributed by atoms with Gasteiger partial charge in [-0.3, -0.25) is 4.72 Å². The van der Waals surface area contributed by atoms with Gasteiger partial charge in [-0.1, -0.05) is 0 Å². The van der Waals surface area contributed by atoms with Crippen LogP contribution in [-0.2, 0) is 10.0 Å². The molecule has 0 saturated heterocycles. The second-order valence-electron chi connectivity index (χ2n) is 4.17. The topological polar surface area (TPSA) is 55.4 Å². The lowest BCUT2D eigenvalue weighted by molar-refractivity contribution is 0.340. The van der Waals surface area contributed by atoms with Gasteiger partial charge in [0.15, 0.2) is 0 Å². The van der Waals surface area contributed by atoms with Gasteiger partial charge in [0.2, 0.25) is 0 Å². The van der Waals surface area contributed by atoms with Crippen LogP contribution in [0, 0.1) is 11.6 Å². The molecule has 0 heterocycles. The summed E-state index contributed by atoms with van der Waals surface area (Å²) in [5, 5.41) is 0. The third-order valence-corrected chi connectivity index (χ3v) is 3.92. The quantitative estimate of drug-likeness (QED) is 0.922. The van der Waals surface area contributed by atoms with Gasteiger partial charge in [-0.05, 0) is 43.3 Å². The highest BCUT2D eigenvalue weighted by Gasteiger charge is 2.16. The summed E-state index contributed by atoms with van der Waals surface area (Å²) < 4.78 is 57.7. The fraction of sp³-hybridized carbons (Fsp3) is 0.143. The number of ether oxygens (including phenoxy) is 1. The summed E-state index contributed by atoms with van der Waals surface area (Å²) in [4.78, 5) is -0.478. The Bertz CT molecular complexity index is 710. The zero-order valence-corrected chi connectivity index (χ0v) is 12.0. The molecule has 0 saturated carbocycles. The summed E-state index contributed by atoms with van der Waals surface area (Å²) in [6.07, 6.45) is 0. The van der Waals surface area contributed by atoms with Crippen LogP contribution in [0.15, 0.2) is 47.4 Å². The van der Waals surface area contributed by atoms with Gasteiger partial charge in [-0.2, -0.15) is 0 Å². The lowest BCUT2D eigenvalue weighted by Gasteiger charge is -2.09. The normalized spacial score (nSPS) is 11.2. The highest BCUT2D eigenvalue weighted by molar-refractivity contribution is 7.92. The van der Waals surface area contributed by atoms with E-state index in [2.05, 4.69) is 4.72 Å². The molecule has 1 N–H and O–H groups in total. The smallest absolute Gasteiger partial charge is 0.262 e. The molecule has 0 aromatic heterocycles. The van der Waals surface area contributed by atoms with E-state index >= 15 is 0 Å². The Morgan fingerprint density at radius 1 is 1.05 bits per heavy atom. The third-order valence-electron chi connectivity index (χ3n) is 2.56. The van der Waals surface area contributed by atoms with Crippen molar-refractivity contribution in [3.8, 4) is 5.75 Å². The van der Waals surface area contributed by atoms with E-state index < -0.39 is 26.6 Å². The number of hydrogen-bond acceptors (Lipinski definition) is 3. The van der Waals surface area contributed by atoms with Crippen LogP contribution in [0.1, 0.15) is 6.92 Å². The number of benzene rings is 2. The number of anilines is 1. The second-order valence-corrected chi connectivity index (χ2v) is 5.85. The molecule has 0 bridgehead atoms. The first kappa shape index (κ1) is 15.2. The van der Waals surface area contributed by atoms with E-state index in [4.69, 9.17) is 4.74 Å². The molecule has 4 nitrogen and oxygen atoms in total. The van der Waals surface area contributed by atoms with Crippen LogP contribution >= 0.6 is 0 Å². The Morgan fingerprint density at radius 3 is 2.14 bits per heavy atom. The predicted octanol–water partition coefficient (Wildman–Crippen LogP) is 3.16. The molecule has 0 atom stereocenters. The lowest BCUT2D eigenvalue weighted by atomic mass is 10.3. The predicted molar refractivity (Wildman–Crippen MR) is 74.8 cm³/mol. The molecule has 0 unspecified atom stereocenters. The summed E-state index contributed by atoms with van der Waals surface area (Å²) in [6.45, 7) is 2.32. The van der Waals surface area contributed by atoms with Crippen molar-refractivity contribution in [2.45, 2.75) is 11.8 Å². The van der Waals surface area contributed by atoms with E-state index in [0.717, 1.165) is 12.1 Å². The Balaban J connectivity index is 2.24. The van der Waals surface area contributed by atoms with Gasteiger partial charge in [0.05, 0.1) is 11.5 Å². The van der Waals surface area contributed by atoms with E-state index in [1.165, 1.54) is 12.1 Å². The molecule has 112 valence electrons. The highest BCUT2D eigenvalue weighted by atomic mass is 32.2. The lowest BCUT2D eigenvalue weighted by Crippen LogP contribution is -2.13. The third kappa shape index (κ3) is 3.91. The Labute approximate surface area is 121 Å². The van der Waals surface area contributed by atoms with Crippen molar-refractivity contribution in [2.75, 3.05) is 11.3 Å². The molecule has 0 radical (unpaired) electrons. The van der Waals surface area contributed by atoms with E-state index in [9.17, 15) is 17.2 Å². The molecule has 0 aliphatic rings. The fourth-order valence-electron chi connectivity index (χ4n) is 1.68. The van der Waals surface area contributed by atoms with Crippen LogP contribution in [0.25, 0.3) is 0 Å². The monoisotopic (exact) mass is 313 g/mol. The summed E-state index contributed by atoms with van der Waals surface area (Å²) in [6, 6.07) is 8.28. The van der Waals surface area contributed by atoms with Gasteiger partial charge >= 0.3 is 0 Å². The number of rotatable bonds is 5. The maximum absolute atomic E-state index is 13.1. The molecule has 7 heteroatoms. The average molecular weight is 313 g/mol. The van der Waals surface area contributed by atoms with Crippen molar-refractivity contribution in [3.05, 3.63) is 54.1 Å². The minimum absolute atomic E-state index is 0.267. The first-order chi connectivity index (χ1) is 9.90. The molecule has 0 spiro atoms. The van der Waals surface area contributed by atoms with Crippen LogP contribution in [0.2, 0.25) is 0 Å². The van der Waals surface area contributed by atoms with Crippen LogP contribution in [0.5, 0.6) is 5.75 Å². The van der Waals surface area contributed by atoms with Gasteiger partial charge in [0.25, 0.3) is 10.0 Å². The van der Waals surface area contributed by atoms with Crippen LogP contribution in [-0.4, -0.2) is 15.0 Å². The van der Waals surface area contributed by atoms with Crippen molar-refractivity contribution < 1.29 is 21.9 Å². The van der Waals surface area contributed by atoms with Crippen molar-refractivity contribution >= 4 is 15.7 Å². The SMILES string of the molecule is CCOc1ccc(NS(=O)(=O)c2cc(F)cc(F)c2)cc1. The number of hydrogen-bond donors (Lipinski definition) is 1.